The molecule has 0 bridgehead atoms. The fraction of sp³-hybridized carbons (Fsp3) is 0.412. The van der Waals surface area contributed by atoms with E-state index in [1.807, 2.05) is 87.5 Å². The molecule has 4 aromatic carbocycles. The lowest BCUT2D eigenvalue weighted by Gasteiger charge is -2.21. The number of nitrogens with one attached hydrogen (secondary N) is 4. The van der Waals surface area contributed by atoms with Gasteiger partial charge in [-0.15, -0.1) is 57.8 Å². The molecule has 2 aliphatic carbocycles. The second-order valence-electron chi connectivity index (χ2n) is 37.7. The van der Waals surface area contributed by atoms with Gasteiger partial charge in [-0.1, -0.05) is 71.7 Å². The van der Waals surface area contributed by atoms with E-state index in [0.717, 1.165) is 196 Å². The summed E-state index contributed by atoms with van der Waals surface area (Å²) >= 11 is 14.5. The Morgan fingerprint density at radius 1 is 0.399 bits per heavy atom. The highest BCUT2D eigenvalue weighted by Crippen LogP contribution is 2.34. The third kappa shape index (κ3) is 20.9. The number of amidine groups is 6. The van der Waals surface area contributed by atoms with Gasteiger partial charge in [0.1, 0.15) is 84.2 Å². The van der Waals surface area contributed by atoms with Crippen LogP contribution in [0.5, 0.6) is 0 Å². The van der Waals surface area contributed by atoms with Gasteiger partial charge in [-0.3, -0.25) is 31.6 Å². The molecule has 0 radical (unpaired) electrons. The molecule has 18 heterocycles. The molecular weight excluding hydrogens is 1800 g/mol. The molecule has 6 fully saturated rings. The molecule has 31 nitrogen and oxygen atoms in total. The number of anilines is 4. The monoisotopic (exact) mass is 1930 g/mol. The highest BCUT2D eigenvalue weighted by Gasteiger charge is 2.34. The number of imidazole rings is 2. The van der Waals surface area contributed by atoms with Crippen molar-refractivity contribution in [1.29, 1.82) is 21.6 Å². The van der Waals surface area contributed by atoms with Gasteiger partial charge in [0, 0.05) is 184 Å². The molecule has 138 heavy (non-hydrogen) atoms. The SMILES string of the molecule is C[n+]1ccc2n1CCN2Cc1c(F)cc(C(=N)N2CCCC2)cc1Cl.C[n+]1ccc2n1CCN2Cc1cc(C(=N)N2CCCC2)co1.C[n+]1ccc2n1CCN2Cc1cc(C(=N)N2CCCC2)cs1.C[n+]1ccc2n1CCN2Cc1ccc(C(=N)N2CCCC2)cc1.Cn1ccc2n1cc[n+]2Cc1c(F)cc(C(N)=NC2CC2)cc1Cl.Cn1ccc2n1cc[n+]2Cc1ccc(C(N)=NC2CC2)cc1. The number of halogens is 4. The van der Waals surface area contributed by atoms with Gasteiger partial charge in [0.2, 0.25) is 0 Å². The van der Waals surface area contributed by atoms with E-state index in [2.05, 4.69) is 233 Å². The van der Waals surface area contributed by atoms with Crippen molar-refractivity contribution in [2.24, 2.45) is 63.7 Å². The lowest BCUT2D eigenvalue weighted by atomic mass is 10.1. The Labute approximate surface area is 817 Å². The maximum absolute atomic E-state index is 14.8. The number of benzene rings is 4. The first-order valence-electron chi connectivity index (χ1n) is 48.5. The van der Waals surface area contributed by atoms with Crippen molar-refractivity contribution in [2.75, 3.05) is 98.1 Å². The lowest BCUT2D eigenvalue weighted by Crippen LogP contribution is -2.37. The Bertz CT molecular complexity index is 6630. The number of aliphatic imine (C=N–C) groups is 2. The minimum absolute atomic E-state index is 0.287. The number of likely N-dealkylation sites (tertiary alicyclic amines) is 4. The molecule has 36 heteroatoms. The number of rotatable bonds is 20. The molecule has 8 N–H and O–H groups in total. The first kappa shape index (κ1) is 93.7. The fourth-order valence-corrected chi connectivity index (χ4v) is 21.2. The summed E-state index contributed by atoms with van der Waals surface area (Å²) in [6, 6.07) is 40.9. The van der Waals surface area contributed by atoms with Crippen molar-refractivity contribution in [2.45, 2.75) is 155 Å². The summed E-state index contributed by atoms with van der Waals surface area (Å²) in [5.41, 5.74) is 22.8. The largest absolute Gasteiger partial charge is 0.467 e. The normalized spacial score (nSPS) is 16.5. The van der Waals surface area contributed by atoms with E-state index in [-0.39, 0.29) is 17.7 Å². The van der Waals surface area contributed by atoms with Gasteiger partial charge >= 0.3 is 11.3 Å². The predicted octanol–water partition coefficient (Wildman–Crippen LogP) is 11.2. The predicted molar refractivity (Wildman–Crippen MR) is 535 cm³/mol. The third-order valence-electron chi connectivity index (χ3n) is 28.1. The van der Waals surface area contributed by atoms with E-state index < -0.39 is 0 Å². The number of furan rings is 1. The number of thiophene rings is 1. The molecule has 0 atom stereocenters. The van der Waals surface area contributed by atoms with Gasteiger partial charge in [-0.05, 0) is 125 Å². The van der Waals surface area contributed by atoms with E-state index in [4.69, 9.17) is 60.7 Å². The van der Waals surface area contributed by atoms with Crippen LogP contribution in [0, 0.1) is 33.3 Å². The summed E-state index contributed by atoms with van der Waals surface area (Å²) in [5.74, 6) is 8.49. The Morgan fingerprint density at radius 2 is 0.790 bits per heavy atom. The second-order valence-corrected chi connectivity index (χ2v) is 39.5. The first-order valence-corrected chi connectivity index (χ1v) is 50.1. The summed E-state index contributed by atoms with van der Waals surface area (Å²) in [5, 5.41) is 36.2. The van der Waals surface area contributed by atoms with Gasteiger partial charge in [0.25, 0.3) is 0 Å². The Morgan fingerprint density at radius 3 is 1.26 bits per heavy atom. The molecule has 0 unspecified atom stereocenters. The number of fused-ring (bicyclic) bond motifs is 6. The summed E-state index contributed by atoms with van der Waals surface area (Å²) in [6.07, 6.45) is 35.9. The van der Waals surface area contributed by atoms with Crippen molar-refractivity contribution < 1.29 is 41.1 Å². The summed E-state index contributed by atoms with van der Waals surface area (Å²) in [4.78, 5) is 28.0. The van der Waals surface area contributed by atoms with Crippen molar-refractivity contribution in [3.8, 4) is 0 Å². The van der Waals surface area contributed by atoms with Crippen LogP contribution in [0.4, 0.5) is 32.1 Å². The second kappa shape index (κ2) is 41.1. The minimum atomic E-state index is -0.366. The van der Waals surface area contributed by atoms with E-state index in [1.165, 1.54) is 103 Å². The lowest BCUT2D eigenvalue weighted by molar-refractivity contribution is -0.751. The first-order chi connectivity index (χ1) is 66.9. The summed E-state index contributed by atoms with van der Waals surface area (Å²) < 4.78 is 64.8. The maximum Gasteiger partial charge on any atom is 0.307 e. The standard InChI is InChI=1S/C18H22ClFN5.C18H24N5.C17H18ClFN5.C17H20N5.C16H22N5O.C16H22N5S/c1-22-7-4-17-24(8-9-25(17)22)12-14-15(19)10-13(11-16(14)20)18(21)23-5-2-3-6-23;1-20-11-8-17-22(12-13-23(17)20)14-15-4-6-16(7-5-15)18(19)21-9-2-3-10-21;1-22-5-4-16-23(6-7-24(16)22)10-13-14(18)8-11(9-15(13)19)17(20)21-12-2-3-12;1-20-9-8-16-21(10-11-22(16)20)12-13-2-4-14(5-3-13)17(18)19-15-6-7-15;2*1-18-7-4-15-20(8-9-21(15)18)11-14-10-13(12-22-14)16(17)19-5-2-3-6-19/h4,7,10-11,21H,2-3,5-6,8-9,12H2,1H3;4-8,11,19H,2-3,9-10,12-14H2,1H3;4-9,12H,2-3,10H2,1H3,(H2,20,21);2-5,8-11,15H,6-7,12H2,1H3,(H2,18,19);2*4,7,10,12,17H,2-3,5-6,8-9,11H2,1H3/q6*+1. The number of nitrogens with zero attached hydrogens (tertiary/aromatic N) is 24. The number of aryl methyl sites for hydroxylation is 6. The molecule has 8 aliphatic heterocycles. The summed E-state index contributed by atoms with van der Waals surface area (Å²) in [6.45, 7) is 20.1. The van der Waals surface area contributed by atoms with Crippen molar-refractivity contribution >= 4 is 104 Å². The zero-order chi connectivity index (χ0) is 95.5. The molecule has 24 rings (SSSR count). The van der Waals surface area contributed by atoms with Crippen molar-refractivity contribution in [1.82, 2.24) is 56.7 Å². The number of hydrogen-bond donors (Lipinski definition) is 6. The van der Waals surface area contributed by atoms with Gasteiger partial charge in [0.05, 0.1) is 86.2 Å². The van der Waals surface area contributed by atoms with Crippen molar-refractivity contribution in [3.63, 3.8) is 0 Å². The van der Waals surface area contributed by atoms with Crippen LogP contribution in [-0.2, 0) is 108 Å². The zero-order valence-electron chi connectivity index (χ0n) is 79.9. The Hall–Kier alpha value is -13.3. The topological polar surface area (TPSA) is 273 Å². The molecule has 0 spiro atoms. The van der Waals surface area contributed by atoms with Crippen LogP contribution in [0.2, 0.25) is 10.0 Å². The van der Waals surface area contributed by atoms with Gasteiger partial charge in [-0.2, -0.15) is 0 Å². The smallest absolute Gasteiger partial charge is 0.307 e. The van der Waals surface area contributed by atoms with Crippen LogP contribution >= 0.6 is 34.5 Å². The van der Waals surface area contributed by atoms with E-state index in [0.29, 0.717) is 86.4 Å². The highest BCUT2D eigenvalue weighted by atomic mass is 35.5. The molecule has 10 aliphatic rings. The van der Waals surface area contributed by atoms with E-state index >= 15 is 0 Å². The minimum Gasteiger partial charge on any atom is -0.467 e. The number of aromatic nitrogens is 14. The fourth-order valence-electron chi connectivity index (χ4n) is 19.7. The molecule has 720 valence electrons. The average molecular weight is 1930 g/mol. The van der Waals surface area contributed by atoms with Gasteiger partial charge in [0.15, 0.2) is 88.6 Å². The molecule has 14 aromatic rings. The van der Waals surface area contributed by atoms with Crippen LogP contribution in [0.25, 0.3) is 11.3 Å². The Kier molecular flexibility index (Phi) is 27.9. The molecule has 2 saturated carbocycles. The zero-order valence-corrected chi connectivity index (χ0v) is 82.2. The number of hydrogen-bond acceptors (Lipinski definition) is 12. The summed E-state index contributed by atoms with van der Waals surface area (Å²) in [7, 11) is 12.2. The van der Waals surface area contributed by atoms with Gasteiger partial charge in [-0.25, -0.2) is 27.3 Å². The molecular formula is C102H128Cl2F2N30OS+6. The van der Waals surface area contributed by atoms with Crippen molar-refractivity contribution in [3.05, 3.63) is 283 Å². The van der Waals surface area contributed by atoms with Gasteiger partial charge < -0.3 is 55.1 Å². The quantitative estimate of drug-likeness (QED) is 0.0237. The highest BCUT2D eigenvalue weighted by molar-refractivity contribution is 7.10. The van der Waals surface area contributed by atoms with Crippen LogP contribution in [0.3, 0.4) is 0 Å². The molecule has 10 aromatic heterocycles. The van der Waals surface area contributed by atoms with Crippen LogP contribution < -0.4 is 58.9 Å². The van der Waals surface area contributed by atoms with E-state index in [9.17, 15) is 8.78 Å². The third-order valence-corrected chi connectivity index (χ3v) is 29.7. The van der Waals surface area contributed by atoms with E-state index in [1.54, 1.807) is 29.7 Å². The molecule has 0 amide bonds. The van der Waals surface area contributed by atoms with Crippen LogP contribution in [-0.4, -0.2) is 182 Å². The maximum atomic E-state index is 14.8. The van der Waals surface area contributed by atoms with Crippen LogP contribution in [0.1, 0.15) is 143 Å². The van der Waals surface area contributed by atoms with Crippen LogP contribution in [0.15, 0.2) is 209 Å². The Balaban J connectivity index is 0.000000106. The molecule has 4 saturated heterocycles. The average Bonchev–Trinajstić information content (AvgIpc) is 1.61. The number of nitrogens with two attached hydrogens (primary N) is 2.